The molecule has 1 atom stereocenters. The molecule has 1 saturated heterocycles. The minimum atomic E-state index is -0.499. The van der Waals surface area contributed by atoms with Gasteiger partial charge in [0.05, 0.1) is 17.6 Å². The quantitative estimate of drug-likeness (QED) is 0.310. The zero-order valence-electron chi connectivity index (χ0n) is 18.6. The molecule has 0 aliphatic carbocycles. The maximum Gasteiger partial charge on any atom is 0.294 e. The molecule has 1 fully saturated rings. The second kappa shape index (κ2) is 11.6. The predicted octanol–water partition coefficient (Wildman–Crippen LogP) is 5.54. The fourth-order valence-corrected chi connectivity index (χ4v) is 4.14. The lowest BCUT2D eigenvalue weighted by Crippen LogP contribution is -2.36. The van der Waals surface area contributed by atoms with Crippen LogP contribution in [0.2, 0.25) is 0 Å². The summed E-state index contributed by atoms with van der Waals surface area (Å²) in [7, 11) is 0. The van der Waals surface area contributed by atoms with Crippen molar-refractivity contribution in [2.24, 2.45) is 0 Å². The number of carbonyl (C=O) groups is 3. The molecule has 33 heavy (non-hydrogen) atoms. The smallest absolute Gasteiger partial charge is 0.294 e. The zero-order chi connectivity index (χ0) is 24.0. The highest BCUT2D eigenvalue weighted by molar-refractivity contribution is 14.1. The van der Waals surface area contributed by atoms with Crippen LogP contribution in [0.1, 0.15) is 32.8 Å². The van der Waals surface area contributed by atoms with Crippen molar-refractivity contribution in [2.75, 3.05) is 18.5 Å². The van der Waals surface area contributed by atoms with Gasteiger partial charge in [0.25, 0.3) is 11.1 Å². The maximum absolute atomic E-state index is 12.8. The van der Waals surface area contributed by atoms with E-state index in [9.17, 15) is 14.4 Å². The van der Waals surface area contributed by atoms with E-state index < -0.39 is 17.1 Å². The van der Waals surface area contributed by atoms with Gasteiger partial charge >= 0.3 is 0 Å². The van der Waals surface area contributed by atoms with Crippen molar-refractivity contribution in [3.8, 4) is 11.5 Å². The lowest BCUT2D eigenvalue weighted by Gasteiger charge is -2.16. The molecule has 3 rings (SSSR count). The van der Waals surface area contributed by atoms with E-state index in [4.69, 9.17) is 9.47 Å². The number of imide groups is 1. The van der Waals surface area contributed by atoms with Crippen LogP contribution in [-0.4, -0.2) is 41.2 Å². The average Bonchev–Trinajstić information content (AvgIpc) is 3.04. The van der Waals surface area contributed by atoms with E-state index in [0.29, 0.717) is 29.4 Å². The highest BCUT2D eigenvalue weighted by Crippen LogP contribution is 2.35. The van der Waals surface area contributed by atoms with Crippen LogP contribution < -0.4 is 14.8 Å². The number of carbonyl (C=O) groups excluding carboxylic acids is 3. The molecule has 1 heterocycles. The minimum absolute atomic E-state index is 0.0391. The van der Waals surface area contributed by atoms with Crippen LogP contribution in [0.4, 0.5) is 10.5 Å². The first-order valence-corrected chi connectivity index (χ1v) is 12.4. The Morgan fingerprint density at radius 2 is 1.88 bits per heavy atom. The lowest BCUT2D eigenvalue weighted by atomic mass is 10.1. The van der Waals surface area contributed by atoms with Gasteiger partial charge in [0.15, 0.2) is 11.5 Å². The molecule has 1 aliphatic heterocycles. The van der Waals surface area contributed by atoms with Gasteiger partial charge in [0, 0.05) is 9.26 Å². The average molecular weight is 580 g/mol. The van der Waals surface area contributed by atoms with E-state index in [1.807, 2.05) is 32.9 Å². The van der Waals surface area contributed by atoms with E-state index in [1.165, 1.54) is 0 Å². The van der Waals surface area contributed by atoms with Gasteiger partial charge in [0.1, 0.15) is 6.54 Å². The van der Waals surface area contributed by atoms with Crippen LogP contribution >= 0.6 is 34.4 Å². The largest absolute Gasteiger partial charge is 0.490 e. The summed E-state index contributed by atoms with van der Waals surface area (Å²) in [5.41, 5.74) is 1.30. The number of ether oxygens (including phenoxy) is 2. The number of hydrogen-bond donors (Lipinski definition) is 1. The van der Waals surface area contributed by atoms with Crippen LogP contribution in [0.3, 0.4) is 0 Å². The SMILES string of the molecule is CCOc1cc(/C=C2/SC(=O)N(CC(=O)Nc3ccc(I)cc3)C2=O)ccc1O[C@@H](C)CC. The van der Waals surface area contributed by atoms with Crippen LogP contribution in [-0.2, 0) is 9.59 Å². The number of halogens is 1. The Bertz CT molecular complexity index is 1070. The summed E-state index contributed by atoms with van der Waals surface area (Å²) in [4.78, 5) is 38.7. The summed E-state index contributed by atoms with van der Waals surface area (Å²) in [5, 5.41) is 2.22. The Morgan fingerprint density at radius 3 is 2.55 bits per heavy atom. The topological polar surface area (TPSA) is 84.9 Å². The number of benzene rings is 2. The van der Waals surface area contributed by atoms with Crippen molar-refractivity contribution < 1.29 is 23.9 Å². The summed E-state index contributed by atoms with van der Waals surface area (Å²) in [6, 6.07) is 12.6. The number of nitrogens with one attached hydrogen (secondary N) is 1. The molecule has 0 bridgehead atoms. The van der Waals surface area contributed by atoms with Gasteiger partial charge in [-0.2, -0.15) is 0 Å². The molecule has 0 aromatic heterocycles. The Kier molecular flexibility index (Phi) is 8.79. The number of thioether (sulfide) groups is 1. The van der Waals surface area contributed by atoms with Gasteiger partial charge in [-0.25, -0.2) is 0 Å². The highest BCUT2D eigenvalue weighted by atomic mass is 127. The molecule has 2 aromatic carbocycles. The molecule has 1 N–H and O–H groups in total. The summed E-state index contributed by atoms with van der Waals surface area (Å²) in [6.45, 7) is 6.02. The minimum Gasteiger partial charge on any atom is -0.490 e. The molecule has 7 nitrogen and oxygen atoms in total. The van der Waals surface area contributed by atoms with Gasteiger partial charge in [-0.15, -0.1) is 0 Å². The molecule has 1 aliphatic rings. The summed E-state index contributed by atoms with van der Waals surface area (Å²) in [6.07, 6.45) is 2.52. The summed E-state index contributed by atoms with van der Waals surface area (Å²) < 4.78 is 12.6. The number of anilines is 1. The second-order valence-electron chi connectivity index (χ2n) is 7.30. The van der Waals surface area contributed by atoms with E-state index in [1.54, 1.807) is 36.4 Å². The van der Waals surface area contributed by atoms with Crippen molar-refractivity contribution in [3.05, 3.63) is 56.5 Å². The Balaban J connectivity index is 1.72. The van der Waals surface area contributed by atoms with E-state index in [-0.39, 0.29) is 17.6 Å². The van der Waals surface area contributed by atoms with Crippen LogP contribution in [0.25, 0.3) is 6.08 Å². The highest BCUT2D eigenvalue weighted by Gasteiger charge is 2.36. The van der Waals surface area contributed by atoms with Crippen molar-refractivity contribution in [1.82, 2.24) is 4.90 Å². The molecular weight excluding hydrogens is 555 g/mol. The first-order chi connectivity index (χ1) is 15.8. The monoisotopic (exact) mass is 580 g/mol. The van der Waals surface area contributed by atoms with Crippen molar-refractivity contribution in [1.29, 1.82) is 0 Å². The summed E-state index contributed by atoms with van der Waals surface area (Å²) in [5.74, 6) is 0.261. The van der Waals surface area contributed by atoms with E-state index in [2.05, 4.69) is 27.9 Å². The van der Waals surface area contributed by atoms with E-state index in [0.717, 1.165) is 26.7 Å². The van der Waals surface area contributed by atoms with Gasteiger partial charge < -0.3 is 14.8 Å². The van der Waals surface area contributed by atoms with Crippen molar-refractivity contribution in [3.63, 3.8) is 0 Å². The van der Waals surface area contributed by atoms with Gasteiger partial charge in [-0.3, -0.25) is 19.3 Å². The Labute approximate surface area is 211 Å². The van der Waals surface area contributed by atoms with Gasteiger partial charge in [-0.1, -0.05) is 13.0 Å². The molecule has 0 spiro atoms. The molecule has 0 saturated carbocycles. The van der Waals surface area contributed by atoms with Gasteiger partial charge in [0.2, 0.25) is 5.91 Å². The molecule has 174 valence electrons. The molecular formula is C24H25IN2O5S. The lowest BCUT2D eigenvalue weighted by molar-refractivity contribution is -0.127. The number of nitrogens with zero attached hydrogens (tertiary/aromatic N) is 1. The number of amides is 3. The van der Waals surface area contributed by atoms with Gasteiger partial charge in [-0.05, 0) is 103 Å². The fourth-order valence-electron chi connectivity index (χ4n) is 2.95. The second-order valence-corrected chi connectivity index (χ2v) is 9.54. The first-order valence-electron chi connectivity index (χ1n) is 10.5. The maximum atomic E-state index is 12.8. The van der Waals surface area contributed by atoms with Crippen LogP contribution in [0.5, 0.6) is 11.5 Å². The standard InChI is InChI=1S/C24H25IN2O5S/c1-4-15(3)32-19-11-6-16(12-20(19)31-5-2)13-21-23(29)27(24(30)33-21)14-22(28)26-18-9-7-17(25)8-10-18/h6-13,15H,4-5,14H2,1-3H3,(H,26,28)/b21-13+/t15-/m0/s1. The van der Waals surface area contributed by atoms with E-state index >= 15 is 0 Å². The third-order valence-corrected chi connectivity index (χ3v) is 6.40. The number of hydrogen-bond acceptors (Lipinski definition) is 6. The molecule has 3 amide bonds. The Hall–Kier alpha value is -2.53. The van der Waals surface area contributed by atoms with Crippen LogP contribution in [0, 0.1) is 3.57 Å². The molecule has 2 aromatic rings. The fraction of sp³-hybridized carbons (Fsp3) is 0.292. The predicted molar refractivity (Wildman–Crippen MR) is 138 cm³/mol. The van der Waals surface area contributed by atoms with Crippen molar-refractivity contribution in [2.45, 2.75) is 33.3 Å². The van der Waals surface area contributed by atoms with Crippen LogP contribution in [0.15, 0.2) is 47.4 Å². The third-order valence-electron chi connectivity index (χ3n) is 4.77. The first kappa shape index (κ1) is 25.1. The molecule has 0 unspecified atom stereocenters. The third kappa shape index (κ3) is 6.73. The van der Waals surface area contributed by atoms with Crippen molar-refractivity contribution >= 4 is 63.2 Å². The molecule has 9 heteroatoms. The zero-order valence-corrected chi connectivity index (χ0v) is 21.6. The normalized spacial score (nSPS) is 15.6. The number of rotatable bonds is 9. The molecule has 0 radical (unpaired) electrons. The Morgan fingerprint density at radius 1 is 1.15 bits per heavy atom. The summed E-state index contributed by atoms with van der Waals surface area (Å²) >= 11 is 2.98.